The van der Waals surface area contributed by atoms with Crippen molar-refractivity contribution >= 4 is 15.8 Å². The van der Waals surface area contributed by atoms with E-state index in [1.165, 1.54) is 0 Å². The second-order valence-corrected chi connectivity index (χ2v) is 7.65. The van der Waals surface area contributed by atoms with Gasteiger partial charge in [0.2, 0.25) is 15.7 Å². The van der Waals surface area contributed by atoms with Crippen LogP contribution in [0.15, 0.2) is 57.9 Å². The molecule has 0 unspecified atom stereocenters. The van der Waals surface area contributed by atoms with Gasteiger partial charge in [-0.2, -0.15) is 13.8 Å². The summed E-state index contributed by atoms with van der Waals surface area (Å²) < 4.78 is 57.9. The van der Waals surface area contributed by atoms with Crippen LogP contribution in [-0.2, 0) is 21.2 Å². The fourth-order valence-electron chi connectivity index (χ4n) is 2.34. The van der Waals surface area contributed by atoms with Gasteiger partial charge in [-0.05, 0) is 36.8 Å². The fraction of sp³-hybridized carbons (Fsp3) is 0.167. The van der Waals surface area contributed by atoms with Crippen LogP contribution in [0.25, 0.3) is 11.4 Å². The zero-order valence-electron chi connectivity index (χ0n) is 14.5. The molecule has 0 aliphatic rings. The van der Waals surface area contributed by atoms with Gasteiger partial charge >= 0.3 is 11.7 Å². The summed E-state index contributed by atoms with van der Waals surface area (Å²) in [6.07, 6.45) is 0. The maximum atomic E-state index is 12.5. The third kappa shape index (κ3) is 4.06. The summed E-state index contributed by atoms with van der Waals surface area (Å²) in [5, 5.41) is 3.84. The van der Waals surface area contributed by atoms with Crippen LogP contribution < -0.4 is 0 Å². The topological polar surface area (TPSA) is 99.4 Å². The maximum absolute atomic E-state index is 12.5. The smallest absolute Gasteiger partial charge is 0.341 e. The summed E-state index contributed by atoms with van der Waals surface area (Å²) in [7, 11) is -4.72. The van der Waals surface area contributed by atoms with Crippen LogP contribution in [0.1, 0.15) is 21.8 Å². The van der Waals surface area contributed by atoms with Crippen molar-refractivity contribution in [2.45, 2.75) is 24.2 Å². The van der Waals surface area contributed by atoms with Gasteiger partial charge in [-0.25, -0.2) is 13.2 Å². The Hall–Kier alpha value is -3.14. The van der Waals surface area contributed by atoms with Gasteiger partial charge < -0.3 is 9.26 Å². The van der Waals surface area contributed by atoms with Crippen LogP contribution in [0.4, 0.5) is 8.78 Å². The number of aromatic nitrogens is 2. The van der Waals surface area contributed by atoms with Crippen molar-refractivity contribution in [1.29, 1.82) is 0 Å². The Labute approximate surface area is 158 Å². The second kappa shape index (κ2) is 7.85. The average molecular weight is 408 g/mol. The minimum atomic E-state index is -4.72. The Bertz CT molecular complexity index is 1100. The number of benzene rings is 2. The predicted octanol–water partition coefficient (Wildman–Crippen LogP) is 3.40. The van der Waals surface area contributed by atoms with Gasteiger partial charge in [-0.1, -0.05) is 29.4 Å². The quantitative estimate of drug-likeness (QED) is 0.576. The van der Waals surface area contributed by atoms with E-state index in [-0.39, 0.29) is 18.1 Å². The molecule has 0 saturated heterocycles. The van der Waals surface area contributed by atoms with Gasteiger partial charge in [-0.15, -0.1) is 0 Å². The van der Waals surface area contributed by atoms with Crippen molar-refractivity contribution in [3.63, 3.8) is 0 Å². The van der Waals surface area contributed by atoms with Crippen molar-refractivity contribution in [2.24, 2.45) is 0 Å². The molecule has 0 aliphatic heterocycles. The number of nitrogens with zero attached hydrogens (tertiary/aromatic N) is 2. The molecular weight excluding hydrogens is 394 g/mol. The van der Waals surface area contributed by atoms with E-state index in [9.17, 15) is 22.0 Å². The van der Waals surface area contributed by atoms with Gasteiger partial charge in [-0.3, -0.25) is 0 Å². The Morgan fingerprint density at radius 3 is 2.46 bits per heavy atom. The molecule has 0 saturated carbocycles. The molecule has 0 radical (unpaired) electrons. The Balaban J connectivity index is 1.66. The first-order chi connectivity index (χ1) is 13.3. The predicted molar refractivity (Wildman–Crippen MR) is 93.2 cm³/mol. The van der Waals surface area contributed by atoms with Crippen LogP contribution in [0.3, 0.4) is 0 Å². The van der Waals surface area contributed by atoms with Crippen molar-refractivity contribution in [3.8, 4) is 11.4 Å². The zero-order chi connectivity index (χ0) is 20.3. The lowest BCUT2D eigenvalue weighted by atomic mass is 10.1. The molecule has 7 nitrogen and oxygen atoms in total. The van der Waals surface area contributed by atoms with E-state index in [1.807, 2.05) is 31.2 Å². The van der Waals surface area contributed by atoms with Crippen LogP contribution in [0.2, 0.25) is 0 Å². The van der Waals surface area contributed by atoms with E-state index in [4.69, 9.17) is 9.26 Å². The molecule has 0 N–H and O–H groups in total. The molecule has 3 aromatic rings. The first kappa shape index (κ1) is 19.6. The monoisotopic (exact) mass is 408 g/mol. The number of carbonyl (C=O) groups is 1. The minimum Gasteiger partial charge on any atom is -0.452 e. The molecule has 0 atom stereocenters. The van der Waals surface area contributed by atoms with Crippen LogP contribution in [0, 0.1) is 6.92 Å². The number of halogens is 2. The summed E-state index contributed by atoms with van der Waals surface area (Å²) in [6, 6.07) is 11.4. The van der Waals surface area contributed by atoms with Crippen molar-refractivity contribution in [2.75, 3.05) is 0 Å². The van der Waals surface area contributed by atoms with Crippen LogP contribution in [-0.4, -0.2) is 30.3 Å². The van der Waals surface area contributed by atoms with Gasteiger partial charge in [0.05, 0.1) is 10.5 Å². The number of carbonyl (C=O) groups excluding carboxylic acids is 1. The van der Waals surface area contributed by atoms with E-state index in [1.54, 1.807) is 0 Å². The number of hydrogen-bond donors (Lipinski definition) is 0. The summed E-state index contributed by atoms with van der Waals surface area (Å²) in [5.74, 6) is -3.91. The second-order valence-electron chi connectivity index (χ2n) is 5.73. The fourth-order valence-corrected chi connectivity index (χ4v) is 3.06. The summed E-state index contributed by atoms with van der Waals surface area (Å²) in [6.45, 7) is 1.60. The molecule has 0 fully saturated rings. The van der Waals surface area contributed by atoms with Crippen molar-refractivity contribution in [3.05, 3.63) is 65.5 Å². The first-order valence-electron chi connectivity index (χ1n) is 7.97. The molecule has 0 amide bonds. The molecule has 10 heteroatoms. The molecule has 0 bridgehead atoms. The molecule has 2 aromatic carbocycles. The highest BCUT2D eigenvalue weighted by Crippen LogP contribution is 2.21. The maximum Gasteiger partial charge on any atom is 0.341 e. The first-order valence-corrected chi connectivity index (χ1v) is 9.51. The minimum absolute atomic E-state index is 0.00754. The number of alkyl halides is 2. The largest absolute Gasteiger partial charge is 0.452 e. The summed E-state index contributed by atoms with van der Waals surface area (Å²) in [5.41, 5.74) is 1.72. The molecule has 0 aliphatic carbocycles. The lowest BCUT2D eigenvalue weighted by Gasteiger charge is -2.05. The number of esters is 1. The van der Waals surface area contributed by atoms with E-state index in [2.05, 4.69) is 10.1 Å². The highest BCUT2D eigenvalue weighted by Gasteiger charge is 2.26. The average Bonchev–Trinajstić information content (AvgIpc) is 3.15. The third-order valence-corrected chi connectivity index (χ3v) is 5.23. The van der Waals surface area contributed by atoms with Crippen LogP contribution in [0.5, 0.6) is 0 Å². The number of aryl methyl sites for hydroxylation is 1. The third-order valence-electron chi connectivity index (χ3n) is 3.83. The molecule has 3 rings (SSSR count). The molecule has 28 heavy (non-hydrogen) atoms. The van der Waals surface area contributed by atoms with Gasteiger partial charge in [0, 0.05) is 5.56 Å². The summed E-state index contributed by atoms with van der Waals surface area (Å²) in [4.78, 5) is 15.6. The van der Waals surface area contributed by atoms with E-state index < -0.39 is 26.5 Å². The number of ether oxygens (including phenoxy) is 1. The number of rotatable bonds is 6. The SMILES string of the molecule is Cc1ccccc1-c1noc(COC(=O)c2ccc(S(=O)(=O)C(F)F)cc2)n1. The Morgan fingerprint density at radius 2 is 1.82 bits per heavy atom. The van der Waals surface area contributed by atoms with E-state index in [0.717, 1.165) is 35.4 Å². The standard InChI is InChI=1S/C18H14F2N2O5S/c1-11-4-2-3-5-14(11)16-21-15(27-22-16)10-26-17(23)12-6-8-13(9-7-12)28(24,25)18(19)20/h2-9,18H,10H2,1H3. The Morgan fingerprint density at radius 1 is 1.14 bits per heavy atom. The molecule has 1 heterocycles. The highest BCUT2D eigenvalue weighted by atomic mass is 32.2. The molecule has 1 aromatic heterocycles. The number of hydrogen-bond acceptors (Lipinski definition) is 7. The van der Waals surface area contributed by atoms with Crippen LogP contribution >= 0.6 is 0 Å². The lowest BCUT2D eigenvalue weighted by Crippen LogP contribution is -2.12. The number of sulfone groups is 1. The van der Waals surface area contributed by atoms with Gasteiger partial charge in [0.25, 0.3) is 5.89 Å². The summed E-state index contributed by atoms with van der Waals surface area (Å²) >= 11 is 0. The molecule has 146 valence electrons. The van der Waals surface area contributed by atoms with E-state index >= 15 is 0 Å². The van der Waals surface area contributed by atoms with Gasteiger partial charge in [0.1, 0.15) is 0 Å². The van der Waals surface area contributed by atoms with Gasteiger partial charge in [0.15, 0.2) is 6.61 Å². The zero-order valence-corrected chi connectivity index (χ0v) is 15.3. The Kier molecular flexibility index (Phi) is 5.50. The van der Waals surface area contributed by atoms with Crippen molar-refractivity contribution in [1.82, 2.24) is 10.1 Å². The van der Waals surface area contributed by atoms with Crippen molar-refractivity contribution < 1.29 is 31.3 Å². The highest BCUT2D eigenvalue weighted by molar-refractivity contribution is 7.91. The van der Waals surface area contributed by atoms with E-state index in [0.29, 0.717) is 5.82 Å². The molecule has 0 spiro atoms. The lowest BCUT2D eigenvalue weighted by molar-refractivity contribution is 0.0429. The molecular formula is C18H14F2N2O5S. The normalized spacial score (nSPS) is 11.6.